The van der Waals surface area contributed by atoms with Crippen LogP contribution in [-0.4, -0.2) is 41.3 Å². The average Bonchev–Trinajstić information content (AvgIpc) is 2.26. The Kier molecular flexibility index (Phi) is 4.95. The fourth-order valence-corrected chi connectivity index (χ4v) is 1.76. The summed E-state index contributed by atoms with van der Waals surface area (Å²) in [6.07, 6.45) is 0.536. The summed E-state index contributed by atoms with van der Waals surface area (Å²) in [6.45, 7) is 0.0169. The average molecular weight is 223 g/mol. The molecular weight excluding hydrogens is 206 g/mol. The third kappa shape index (κ3) is 3.64. The summed E-state index contributed by atoms with van der Waals surface area (Å²) >= 11 is 0. The van der Waals surface area contributed by atoms with E-state index in [1.807, 2.05) is 30.3 Å². The van der Waals surface area contributed by atoms with Gasteiger partial charge in [0.2, 0.25) is 0 Å². The van der Waals surface area contributed by atoms with E-state index in [0.29, 0.717) is 6.42 Å². The number of benzene rings is 1. The van der Waals surface area contributed by atoms with Gasteiger partial charge in [-0.25, -0.2) is 0 Å². The van der Waals surface area contributed by atoms with Crippen molar-refractivity contribution in [3.63, 3.8) is 0 Å². The maximum atomic E-state index is 10.6. The first-order valence-electron chi connectivity index (χ1n) is 5.23. The van der Waals surface area contributed by atoms with Gasteiger partial charge >= 0.3 is 5.97 Å². The summed E-state index contributed by atoms with van der Waals surface area (Å²) in [6, 6.07) is 9.57. The van der Waals surface area contributed by atoms with Crippen LogP contribution in [-0.2, 0) is 4.79 Å². The van der Waals surface area contributed by atoms with Gasteiger partial charge in [-0.1, -0.05) is 30.3 Å². The molecule has 2 N–H and O–H groups in total. The molecule has 1 atom stereocenters. The van der Waals surface area contributed by atoms with E-state index in [4.69, 9.17) is 10.2 Å². The van der Waals surface area contributed by atoms with Crippen LogP contribution in [0.1, 0.15) is 18.0 Å². The number of carboxylic acids is 1. The van der Waals surface area contributed by atoms with E-state index >= 15 is 0 Å². The minimum atomic E-state index is -0.860. The second kappa shape index (κ2) is 6.25. The predicted octanol–water partition coefficient (Wildman–Crippen LogP) is 1.13. The summed E-state index contributed by atoms with van der Waals surface area (Å²) < 4.78 is 0. The number of aliphatic carboxylic acids is 1. The van der Waals surface area contributed by atoms with Crippen molar-refractivity contribution in [1.82, 2.24) is 4.90 Å². The number of hydrogen-bond acceptors (Lipinski definition) is 3. The fraction of sp³-hybridized carbons (Fsp3) is 0.417. The van der Waals surface area contributed by atoms with E-state index in [1.165, 1.54) is 0 Å². The molecule has 0 aromatic heterocycles. The third-order valence-corrected chi connectivity index (χ3v) is 2.50. The molecule has 1 aromatic carbocycles. The summed E-state index contributed by atoms with van der Waals surface area (Å²) in [5.74, 6) is -0.860. The Bertz CT molecular complexity index is 326. The molecule has 0 amide bonds. The molecule has 16 heavy (non-hydrogen) atoms. The van der Waals surface area contributed by atoms with E-state index < -0.39 is 5.97 Å². The van der Waals surface area contributed by atoms with Crippen molar-refractivity contribution in [1.29, 1.82) is 0 Å². The van der Waals surface area contributed by atoms with Gasteiger partial charge in [0, 0.05) is 12.6 Å². The highest BCUT2D eigenvalue weighted by molar-refractivity contribution is 5.69. The second-order valence-corrected chi connectivity index (χ2v) is 3.75. The molecule has 0 radical (unpaired) electrons. The molecule has 1 unspecified atom stereocenters. The van der Waals surface area contributed by atoms with Gasteiger partial charge in [0.15, 0.2) is 0 Å². The zero-order chi connectivity index (χ0) is 12.0. The zero-order valence-electron chi connectivity index (χ0n) is 9.34. The molecule has 0 fully saturated rings. The first kappa shape index (κ1) is 12.7. The Morgan fingerprint density at radius 3 is 2.50 bits per heavy atom. The number of aliphatic hydroxyl groups excluding tert-OH is 1. The lowest BCUT2D eigenvalue weighted by atomic mass is 10.0. The number of aliphatic hydroxyl groups is 1. The molecule has 0 saturated heterocycles. The number of rotatable bonds is 6. The van der Waals surface area contributed by atoms with E-state index in [1.54, 1.807) is 11.9 Å². The first-order valence-corrected chi connectivity index (χ1v) is 5.23. The molecule has 4 heteroatoms. The summed E-state index contributed by atoms with van der Waals surface area (Å²) in [4.78, 5) is 12.4. The van der Waals surface area contributed by atoms with Crippen LogP contribution in [0.5, 0.6) is 0 Å². The standard InChI is InChI=1S/C12H17NO3/c1-13(9-12(15)16)11(7-8-14)10-5-3-2-4-6-10/h2-6,11,14H,7-9H2,1H3,(H,15,16). The Labute approximate surface area is 95.1 Å². The number of hydrogen-bond donors (Lipinski definition) is 2. The largest absolute Gasteiger partial charge is 0.480 e. The monoisotopic (exact) mass is 223 g/mol. The van der Waals surface area contributed by atoms with Crippen molar-refractivity contribution in [2.24, 2.45) is 0 Å². The molecule has 0 aliphatic heterocycles. The van der Waals surface area contributed by atoms with E-state index in [2.05, 4.69) is 0 Å². The SMILES string of the molecule is CN(CC(=O)O)C(CCO)c1ccccc1. The van der Waals surface area contributed by atoms with E-state index in [9.17, 15) is 4.79 Å². The Balaban J connectivity index is 2.78. The summed E-state index contributed by atoms with van der Waals surface area (Å²) in [5.41, 5.74) is 1.03. The van der Waals surface area contributed by atoms with E-state index in [-0.39, 0.29) is 19.2 Å². The zero-order valence-corrected chi connectivity index (χ0v) is 9.34. The van der Waals surface area contributed by atoms with Crippen LogP contribution in [0.15, 0.2) is 30.3 Å². The molecule has 0 spiro atoms. The third-order valence-electron chi connectivity index (χ3n) is 2.50. The Morgan fingerprint density at radius 1 is 1.38 bits per heavy atom. The van der Waals surface area contributed by atoms with Crippen LogP contribution >= 0.6 is 0 Å². The van der Waals surface area contributed by atoms with Crippen LogP contribution in [0.3, 0.4) is 0 Å². The normalized spacial score (nSPS) is 12.7. The molecule has 1 aromatic rings. The van der Waals surface area contributed by atoms with Gasteiger partial charge in [0.1, 0.15) is 0 Å². The van der Waals surface area contributed by atoms with Crippen molar-refractivity contribution in [3.05, 3.63) is 35.9 Å². The first-order chi connectivity index (χ1) is 7.65. The van der Waals surface area contributed by atoms with Gasteiger partial charge in [0.25, 0.3) is 0 Å². The second-order valence-electron chi connectivity index (χ2n) is 3.75. The van der Waals surface area contributed by atoms with Gasteiger partial charge < -0.3 is 10.2 Å². The summed E-state index contributed by atoms with van der Waals surface area (Å²) in [5, 5.41) is 17.8. The van der Waals surface area contributed by atoms with Gasteiger partial charge in [-0.3, -0.25) is 9.69 Å². The quantitative estimate of drug-likeness (QED) is 0.759. The Morgan fingerprint density at radius 2 is 2.00 bits per heavy atom. The van der Waals surface area contributed by atoms with Crippen molar-refractivity contribution in [2.75, 3.05) is 20.2 Å². The van der Waals surface area contributed by atoms with Crippen molar-refractivity contribution in [2.45, 2.75) is 12.5 Å². The van der Waals surface area contributed by atoms with Gasteiger partial charge in [-0.15, -0.1) is 0 Å². The number of nitrogens with zero attached hydrogens (tertiary/aromatic N) is 1. The van der Waals surface area contributed by atoms with Crippen molar-refractivity contribution in [3.8, 4) is 0 Å². The summed E-state index contributed by atoms with van der Waals surface area (Å²) in [7, 11) is 1.75. The lowest BCUT2D eigenvalue weighted by Gasteiger charge is -2.26. The van der Waals surface area contributed by atoms with Crippen LogP contribution < -0.4 is 0 Å². The smallest absolute Gasteiger partial charge is 0.317 e. The highest BCUT2D eigenvalue weighted by atomic mass is 16.4. The number of likely N-dealkylation sites (N-methyl/N-ethyl adjacent to an activating group) is 1. The van der Waals surface area contributed by atoms with Gasteiger partial charge in [0.05, 0.1) is 6.54 Å². The van der Waals surface area contributed by atoms with Crippen LogP contribution in [0.25, 0.3) is 0 Å². The number of carbonyl (C=O) groups is 1. The molecule has 0 bridgehead atoms. The van der Waals surface area contributed by atoms with Gasteiger partial charge in [-0.2, -0.15) is 0 Å². The molecule has 0 aliphatic rings. The van der Waals surface area contributed by atoms with Crippen LogP contribution in [0, 0.1) is 0 Å². The predicted molar refractivity (Wildman–Crippen MR) is 61.2 cm³/mol. The molecule has 1 rings (SSSR count). The highest BCUT2D eigenvalue weighted by Crippen LogP contribution is 2.22. The van der Waals surface area contributed by atoms with Crippen molar-refractivity contribution < 1.29 is 15.0 Å². The van der Waals surface area contributed by atoms with E-state index in [0.717, 1.165) is 5.56 Å². The molecule has 0 saturated carbocycles. The van der Waals surface area contributed by atoms with Gasteiger partial charge in [-0.05, 0) is 19.0 Å². The Hall–Kier alpha value is -1.39. The molecule has 4 nitrogen and oxygen atoms in total. The molecule has 0 heterocycles. The topological polar surface area (TPSA) is 60.8 Å². The highest BCUT2D eigenvalue weighted by Gasteiger charge is 2.18. The molecule has 0 aliphatic carbocycles. The lowest BCUT2D eigenvalue weighted by Crippen LogP contribution is -2.30. The maximum absolute atomic E-state index is 10.6. The van der Waals surface area contributed by atoms with Crippen LogP contribution in [0.4, 0.5) is 0 Å². The van der Waals surface area contributed by atoms with Crippen molar-refractivity contribution >= 4 is 5.97 Å². The molecular formula is C12H17NO3. The molecule has 88 valence electrons. The minimum Gasteiger partial charge on any atom is -0.480 e. The fourth-order valence-electron chi connectivity index (χ4n) is 1.76. The maximum Gasteiger partial charge on any atom is 0.317 e. The minimum absolute atomic E-state index is 0.0282. The lowest BCUT2D eigenvalue weighted by molar-refractivity contribution is -0.138. The number of carboxylic acid groups (broad SMARTS) is 1. The van der Waals surface area contributed by atoms with Crippen LogP contribution in [0.2, 0.25) is 0 Å².